The van der Waals surface area contributed by atoms with E-state index in [4.69, 9.17) is 9.72 Å². The summed E-state index contributed by atoms with van der Waals surface area (Å²) in [5.41, 5.74) is 2.13. The fourth-order valence-corrected chi connectivity index (χ4v) is 1.94. The summed E-state index contributed by atoms with van der Waals surface area (Å²) >= 11 is 0. The summed E-state index contributed by atoms with van der Waals surface area (Å²) in [6.07, 6.45) is 2.20. The maximum Gasteiger partial charge on any atom is 0.131 e. The van der Waals surface area contributed by atoms with Crippen LogP contribution in [-0.2, 0) is 11.3 Å². The lowest BCUT2D eigenvalue weighted by molar-refractivity contribution is 0.0846. The van der Waals surface area contributed by atoms with E-state index in [-0.39, 0.29) is 6.10 Å². The van der Waals surface area contributed by atoms with Gasteiger partial charge in [-0.15, -0.1) is 0 Å². The smallest absolute Gasteiger partial charge is 0.131 e. The summed E-state index contributed by atoms with van der Waals surface area (Å²) in [6, 6.07) is 0. The van der Waals surface area contributed by atoms with Gasteiger partial charge in [0.05, 0.1) is 30.3 Å². The van der Waals surface area contributed by atoms with Crippen molar-refractivity contribution in [1.29, 1.82) is 0 Å². The molecule has 0 aromatic carbocycles. The topological polar surface area (TPSA) is 50.3 Å². The molecule has 1 N–H and O–H groups in total. The third-order valence-corrected chi connectivity index (χ3v) is 3.21. The van der Waals surface area contributed by atoms with Crippen LogP contribution in [0.5, 0.6) is 0 Å². The highest BCUT2D eigenvalue weighted by Crippen LogP contribution is 2.19. The van der Waals surface area contributed by atoms with Gasteiger partial charge in [0.2, 0.25) is 0 Å². The summed E-state index contributed by atoms with van der Waals surface area (Å²) < 4.78 is 5.62. The first-order valence-corrected chi connectivity index (χ1v) is 7.84. The Bertz CT molecular complexity index is 421. The van der Waals surface area contributed by atoms with Crippen molar-refractivity contribution in [3.63, 3.8) is 0 Å². The molecule has 1 heterocycles. The molecule has 21 heavy (non-hydrogen) atoms. The molecule has 0 aliphatic carbocycles. The minimum Gasteiger partial charge on any atom is -0.377 e. The number of rotatable bonds is 9. The molecular formula is C16H30N4O. The Kier molecular flexibility index (Phi) is 7.61. The lowest BCUT2D eigenvalue weighted by Crippen LogP contribution is -2.27. The Hall–Kier alpha value is -1.20. The van der Waals surface area contributed by atoms with Crippen molar-refractivity contribution in [1.82, 2.24) is 15.3 Å². The number of hydrogen-bond acceptors (Lipinski definition) is 5. The maximum absolute atomic E-state index is 5.62. The Morgan fingerprint density at radius 2 is 2.00 bits per heavy atom. The third kappa shape index (κ3) is 5.98. The molecule has 120 valence electrons. The van der Waals surface area contributed by atoms with Crippen molar-refractivity contribution < 1.29 is 4.74 Å². The highest BCUT2D eigenvalue weighted by Gasteiger charge is 2.13. The Balaban J connectivity index is 2.82. The second kappa shape index (κ2) is 8.95. The Morgan fingerprint density at radius 3 is 2.57 bits per heavy atom. The molecule has 5 heteroatoms. The molecule has 0 atom stereocenters. The Morgan fingerprint density at radius 1 is 1.29 bits per heavy atom. The van der Waals surface area contributed by atoms with Gasteiger partial charge in [-0.25, -0.2) is 9.97 Å². The standard InChI is InChI=1S/C16H30N4O/c1-7-17-10-14-15(11-18-16(19-14)12(2)3)20(6)8-9-21-13(4)5/h11-13,17H,7-10H2,1-6H3. The van der Waals surface area contributed by atoms with Gasteiger partial charge in [-0.3, -0.25) is 0 Å². The first-order valence-electron chi connectivity index (χ1n) is 7.84. The Labute approximate surface area is 129 Å². The summed E-state index contributed by atoms with van der Waals surface area (Å²) in [6.45, 7) is 13.7. The van der Waals surface area contributed by atoms with Gasteiger partial charge >= 0.3 is 0 Å². The summed E-state index contributed by atoms with van der Waals surface area (Å²) in [4.78, 5) is 11.4. The molecule has 0 unspecified atom stereocenters. The molecule has 0 bridgehead atoms. The number of ether oxygens (including phenoxy) is 1. The number of nitrogens with one attached hydrogen (secondary N) is 1. The van der Waals surface area contributed by atoms with E-state index in [1.54, 1.807) is 0 Å². The molecule has 0 aliphatic rings. The van der Waals surface area contributed by atoms with Crippen molar-refractivity contribution in [2.75, 3.05) is 31.6 Å². The van der Waals surface area contributed by atoms with E-state index < -0.39 is 0 Å². The van der Waals surface area contributed by atoms with Crippen molar-refractivity contribution in [2.45, 2.75) is 53.2 Å². The molecular weight excluding hydrogens is 264 g/mol. The molecule has 0 radical (unpaired) electrons. The van der Waals surface area contributed by atoms with Crippen molar-refractivity contribution in [3.8, 4) is 0 Å². The fraction of sp³-hybridized carbons (Fsp3) is 0.750. The normalized spacial score (nSPS) is 11.4. The van der Waals surface area contributed by atoms with Gasteiger partial charge in [-0.1, -0.05) is 20.8 Å². The van der Waals surface area contributed by atoms with Gasteiger partial charge in [-0.2, -0.15) is 0 Å². The maximum atomic E-state index is 5.62. The van der Waals surface area contributed by atoms with Crippen LogP contribution in [0.4, 0.5) is 5.69 Å². The first-order chi connectivity index (χ1) is 9.95. The third-order valence-electron chi connectivity index (χ3n) is 3.21. The zero-order valence-corrected chi connectivity index (χ0v) is 14.3. The van der Waals surface area contributed by atoms with Crippen LogP contribution in [-0.4, -0.2) is 42.8 Å². The van der Waals surface area contributed by atoms with E-state index in [9.17, 15) is 0 Å². The second-order valence-electron chi connectivity index (χ2n) is 5.84. The molecule has 0 spiro atoms. The average Bonchev–Trinajstić information content (AvgIpc) is 2.44. The second-order valence-corrected chi connectivity index (χ2v) is 5.84. The lowest BCUT2D eigenvalue weighted by Gasteiger charge is -2.23. The lowest BCUT2D eigenvalue weighted by atomic mass is 10.2. The molecule has 0 saturated heterocycles. The van der Waals surface area contributed by atoms with Crippen LogP contribution in [0.1, 0.15) is 52.1 Å². The van der Waals surface area contributed by atoms with E-state index >= 15 is 0 Å². The summed E-state index contributed by atoms with van der Waals surface area (Å²) in [5.74, 6) is 1.24. The van der Waals surface area contributed by atoms with Gasteiger partial charge in [0.15, 0.2) is 0 Å². The van der Waals surface area contributed by atoms with Crippen molar-refractivity contribution >= 4 is 5.69 Å². The fourth-order valence-electron chi connectivity index (χ4n) is 1.94. The van der Waals surface area contributed by atoms with E-state index in [0.29, 0.717) is 12.5 Å². The van der Waals surface area contributed by atoms with Crippen molar-refractivity contribution in [3.05, 3.63) is 17.7 Å². The predicted molar refractivity (Wildman–Crippen MR) is 87.9 cm³/mol. The number of anilines is 1. The molecule has 0 amide bonds. The van der Waals surface area contributed by atoms with E-state index in [2.05, 4.69) is 56.9 Å². The highest BCUT2D eigenvalue weighted by molar-refractivity contribution is 5.48. The molecule has 1 rings (SSSR count). The highest BCUT2D eigenvalue weighted by atomic mass is 16.5. The number of hydrogen-bond donors (Lipinski definition) is 1. The van der Waals surface area contributed by atoms with Crippen LogP contribution in [0.2, 0.25) is 0 Å². The van der Waals surface area contributed by atoms with Crippen LogP contribution in [0.3, 0.4) is 0 Å². The van der Waals surface area contributed by atoms with Crippen LogP contribution in [0.15, 0.2) is 6.20 Å². The van der Waals surface area contributed by atoms with Crippen molar-refractivity contribution in [2.24, 2.45) is 0 Å². The SMILES string of the molecule is CCNCc1nc(C(C)C)ncc1N(C)CCOC(C)C. The largest absolute Gasteiger partial charge is 0.377 e. The van der Waals surface area contributed by atoms with Crippen LogP contribution in [0.25, 0.3) is 0 Å². The molecule has 5 nitrogen and oxygen atoms in total. The first kappa shape index (κ1) is 17.9. The molecule has 0 saturated carbocycles. The summed E-state index contributed by atoms with van der Waals surface area (Å²) in [7, 11) is 2.06. The van der Waals surface area contributed by atoms with E-state index in [0.717, 1.165) is 36.8 Å². The van der Waals surface area contributed by atoms with E-state index in [1.165, 1.54) is 0 Å². The number of likely N-dealkylation sites (N-methyl/N-ethyl adjacent to an activating group) is 1. The molecule has 1 aromatic rings. The van der Waals surface area contributed by atoms with Gasteiger partial charge in [-0.05, 0) is 20.4 Å². The zero-order chi connectivity index (χ0) is 15.8. The zero-order valence-electron chi connectivity index (χ0n) is 14.3. The van der Waals surface area contributed by atoms with E-state index in [1.807, 2.05) is 6.20 Å². The molecule has 0 aliphatic heterocycles. The molecule has 1 aromatic heterocycles. The minimum atomic E-state index is 0.263. The minimum absolute atomic E-state index is 0.263. The van der Waals surface area contributed by atoms with Gasteiger partial charge in [0.25, 0.3) is 0 Å². The molecule has 0 fully saturated rings. The monoisotopic (exact) mass is 294 g/mol. The average molecular weight is 294 g/mol. The van der Waals surface area contributed by atoms with Crippen LogP contribution < -0.4 is 10.2 Å². The predicted octanol–water partition coefficient (Wildman–Crippen LogP) is 2.57. The van der Waals surface area contributed by atoms with Crippen LogP contribution >= 0.6 is 0 Å². The van der Waals surface area contributed by atoms with Gasteiger partial charge < -0.3 is 15.0 Å². The number of nitrogens with zero attached hydrogens (tertiary/aromatic N) is 3. The van der Waals surface area contributed by atoms with Gasteiger partial charge in [0.1, 0.15) is 5.82 Å². The quantitative estimate of drug-likeness (QED) is 0.758. The number of aromatic nitrogens is 2. The van der Waals surface area contributed by atoms with Crippen LogP contribution in [0, 0.1) is 0 Å². The van der Waals surface area contributed by atoms with Gasteiger partial charge in [0, 0.05) is 26.1 Å². The summed E-state index contributed by atoms with van der Waals surface area (Å²) in [5, 5.41) is 3.35.